The number of carbonyl (C=O) groups is 3. The molecule has 2 atom stereocenters. The first-order valence-electron chi connectivity index (χ1n) is 9.76. The fourth-order valence-electron chi connectivity index (χ4n) is 4.05. The molecule has 4 amide bonds. The third-order valence-electron chi connectivity index (χ3n) is 6.05. The number of alkyl halides is 3. The Bertz CT molecular complexity index is 832. The predicted molar refractivity (Wildman–Crippen MR) is 96.5 cm³/mol. The minimum absolute atomic E-state index is 0.00328. The summed E-state index contributed by atoms with van der Waals surface area (Å²) in [4.78, 5) is 36.7. The molecule has 1 aromatic rings. The Morgan fingerprint density at radius 3 is 2.28 bits per heavy atom. The lowest BCUT2D eigenvalue weighted by Gasteiger charge is -2.27. The fraction of sp³-hybridized carbons (Fsp3) is 0.550. The molecular formula is C20H22F3N3O3. The molecule has 0 bridgehead atoms. The average Bonchev–Trinajstić information content (AvgIpc) is 3.55. The summed E-state index contributed by atoms with van der Waals surface area (Å²) in [6, 6.07) is 4.30. The van der Waals surface area contributed by atoms with Crippen LogP contribution in [0.3, 0.4) is 0 Å². The van der Waals surface area contributed by atoms with Crippen molar-refractivity contribution in [3.8, 4) is 0 Å². The maximum absolute atomic E-state index is 12.8. The molecular weight excluding hydrogens is 387 g/mol. The van der Waals surface area contributed by atoms with Gasteiger partial charge in [-0.25, -0.2) is 4.79 Å². The standard InChI is InChI=1S/C20H22F3N3O3/c21-20(22,23)14-5-1-11(2-6-14)9-15(12-3-4-12)16(27)24-10-19(13-7-8-13)17(28)25-18(29)26-19/h1-2,5-6,12-13,15H,3-4,7-10H2,(H,24,27)(H2,25,26,28,29)/t15?,19-/m0/s1. The van der Waals surface area contributed by atoms with Gasteiger partial charge in [-0.2, -0.15) is 13.2 Å². The fourth-order valence-corrected chi connectivity index (χ4v) is 4.05. The second-order valence-electron chi connectivity index (χ2n) is 8.21. The van der Waals surface area contributed by atoms with Crippen LogP contribution >= 0.6 is 0 Å². The summed E-state index contributed by atoms with van der Waals surface area (Å²) in [5, 5.41) is 7.73. The van der Waals surface area contributed by atoms with E-state index in [-0.39, 0.29) is 30.2 Å². The zero-order valence-corrected chi connectivity index (χ0v) is 15.6. The highest BCUT2D eigenvalue weighted by molar-refractivity contribution is 6.07. The van der Waals surface area contributed by atoms with Crippen molar-refractivity contribution in [2.24, 2.45) is 17.8 Å². The lowest BCUT2D eigenvalue weighted by Crippen LogP contribution is -2.57. The summed E-state index contributed by atoms with van der Waals surface area (Å²) >= 11 is 0. The van der Waals surface area contributed by atoms with Gasteiger partial charge in [0.05, 0.1) is 12.1 Å². The molecule has 0 spiro atoms. The summed E-state index contributed by atoms with van der Waals surface area (Å²) in [7, 11) is 0. The van der Waals surface area contributed by atoms with E-state index in [4.69, 9.17) is 0 Å². The van der Waals surface area contributed by atoms with Gasteiger partial charge in [-0.05, 0) is 61.6 Å². The molecule has 1 saturated heterocycles. The number of hydrogen-bond acceptors (Lipinski definition) is 3. The number of carbonyl (C=O) groups excluding carboxylic acids is 3. The van der Waals surface area contributed by atoms with Gasteiger partial charge in [0.2, 0.25) is 5.91 Å². The highest BCUT2D eigenvalue weighted by Gasteiger charge is 2.56. The van der Waals surface area contributed by atoms with E-state index in [2.05, 4.69) is 16.0 Å². The first-order chi connectivity index (χ1) is 13.7. The summed E-state index contributed by atoms with van der Waals surface area (Å²) < 4.78 is 38.2. The number of urea groups is 1. The Labute approximate surface area is 165 Å². The molecule has 1 heterocycles. The first kappa shape index (κ1) is 19.7. The van der Waals surface area contributed by atoms with Crippen molar-refractivity contribution < 1.29 is 27.6 Å². The van der Waals surface area contributed by atoms with Gasteiger partial charge in [0.25, 0.3) is 5.91 Å². The van der Waals surface area contributed by atoms with Crippen LogP contribution in [0.2, 0.25) is 0 Å². The van der Waals surface area contributed by atoms with Gasteiger partial charge >= 0.3 is 12.2 Å². The summed E-state index contributed by atoms with van der Waals surface area (Å²) in [5.74, 6) is -0.842. The van der Waals surface area contributed by atoms with Crippen LogP contribution in [0.25, 0.3) is 0 Å². The van der Waals surface area contributed by atoms with Crippen molar-refractivity contribution in [1.29, 1.82) is 0 Å². The highest BCUT2D eigenvalue weighted by Crippen LogP contribution is 2.42. The molecule has 6 nitrogen and oxygen atoms in total. The largest absolute Gasteiger partial charge is 0.416 e. The van der Waals surface area contributed by atoms with E-state index in [9.17, 15) is 27.6 Å². The molecule has 0 radical (unpaired) electrons. The topological polar surface area (TPSA) is 87.3 Å². The molecule has 1 unspecified atom stereocenters. The molecule has 4 rings (SSSR count). The smallest absolute Gasteiger partial charge is 0.353 e. The predicted octanol–water partition coefficient (Wildman–Crippen LogP) is 2.38. The van der Waals surface area contributed by atoms with E-state index in [0.29, 0.717) is 12.0 Å². The SMILES string of the molecule is O=C1NC(=O)[C@](CNC(=O)C(Cc2ccc(C(F)(F)F)cc2)C2CC2)(C2CC2)N1. The third-order valence-corrected chi connectivity index (χ3v) is 6.05. The quantitative estimate of drug-likeness (QED) is 0.605. The zero-order valence-electron chi connectivity index (χ0n) is 15.6. The zero-order chi connectivity index (χ0) is 20.8. The second kappa shape index (κ2) is 7.03. The van der Waals surface area contributed by atoms with Crippen molar-refractivity contribution in [2.45, 2.75) is 43.8 Å². The molecule has 1 aliphatic heterocycles. The van der Waals surface area contributed by atoms with E-state index in [1.165, 1.54) is 12.1 Å². The molecule has 156 valence electrons. The molecule has 2 saturated carbocycles. The summed E-state index contributed by atoms with van der Waals surface area (Å²) in [6.45, 7) is 0.0182. The Hall–Kier alpha value is -2.58. The molecule has 29 heavy (non-hydrogen) atoms. The second-order valence-corrected chi connectivity index (χ2v) is 8.21. The van der Waals surface area contributed by atoms with E-state index >= 15 is 0 Å². The lowest BCUT2D eigenvalue weighted by atomic mass is 9.91. The van der Waals surface area contributed by atoms with Gasteiger partial charge in [-0.3, -0.25) is 14.9 Å². The third kappa shape index (κ3) is 4.09. The first-order valence-corrected chi connectivity index (χ1v) is 9.76. The van der Waals surface area contributed by atoms with Crippen LogP contribution in [0.1, 0.15) is 36.8 Å². The van der Waals surface area contributed by atoms with Gasteiger partial charge in [0.1, 0.15) is 5.54 Å². The van der Waals surface area contributed by atoms with Crippen LogP contribution in [0, 0.1) is 17.8 Å². The summed E-state index contributed by atoms with van der Waals surface area (Å²) in [5.41, 5.74) is -1.16. The highest BCUT2D eigenvalue weighted by atomic mass is 19.4. The van der Waals surface area contributed by atoms with Gasteiger partial charge < -0.3 is 10.6 Å². The van der Waals surface area contributed by atoms with Crippen LogP contribution in [0.4, 0.5) is 18.0 Å². The Morgan fingerprint density at radius 1 is 1.14 bits per heavy atom. The van der Waals surface area contributed by atoms with E-state index in [1.54, 1.807) is 0 Å². The number of benzene rings is 1. The summed E-state index contributed by atoms with van der Waals surface area (Å²) in [6.07, 6.45) is -0.658. The number of nitrogens with one attached hydrogen (secondary N) is 3. The Balaban J connectivity index is 1.42. The number of hydrogen-bond donors (Lipinski definition) is 3. The van der Waals surface area contributed by atoms with Crippen molar-refractivity contribution in [3.05, 3.63) is 35.4 Å². The van der Waals surface area contributed by atoms with Crippen LogP contribution in [-0.4, -0.2) is 29.9 Å². The minimum atomic E-state index is -4.39. The molecule has 3 fully saturated rings. The number of amides is 4. The van der Waals surface area contributed by atoms with E-state index in [0.717, 1.165) is 37.8 Å². The van der Waals surface area contributed by atoms with E-state index in [1.807, 2.05) is 0 Å². The molecule has 2 aliphatic carbocycles. The van der Waals surface area contributed by atoms with Crippen molar-refractivity contribution in [1.82, 2.24) is 16.0 Å². The van der Waals surface area contributed by atoms with Gasteiger partial charge in [-0.15, -0.1) is 0 Å². The Morgan fingerprint density at radius 2 is 1.79 bits per heavy atom. The molecule has 0 aromatic heterocycles. The normalized spacial score (nSPS) is 25.3. The minimum Gasteiger partial charge on any atom is -0.353 e. The number of halogens is 3. The van der Waals surface area contributed by atoms with Crippen LogP contribution in [-0.2, 0) is 22.2 Å². The lowest BCUT2D eigenvalue weighted by molar-refractivity contribution is -0.137. The number of imide groups is 1. The van der Waals surface area contributed by atoms with Crippen LogP contribution in [0.5, 0.6) is 0 Å². The van der Waals surface area contributed by atoms with Crippen LogP contribution < -0.4 is 16.0 Å². The average molecular weight is 409 g/mol. The Kier molecular flexibility index (Phi) is 4.78. The monoisotopic (exact) mass is 409 g/mol. The van der Waals surface area contributed by atoms with Gasteiger partial charge in [0, 0.05) is 5.92 Å². The maximum Gasteiger partial charge on any atom is 0.416 e. The van der Waals surface area contributed by atoms with Gasteiger partial charge in [-0.1, -0.05) is 12.1 Å². The molecule has 9 heteroatoms. The van der Waals surface area contributed by atoms with Crippen molar-refractivity contribution in [2.75, 3.05) is 6.54 Å². The van der Waals surface area contributed by atoms with Crippen LogP contribution in [0.15, 0.2) is 24.3 Å². The van der Waals surface area contributed by atoms with Crippen molar-refractivity contribution in [3.63, 3.8) is 0 Å². The molecule has 1 aromatic carbocycles. The van der Waals surface area contributed by atoms with Crippen molar-refractivity contribution >= 4 is 17.8 Å². The van der Waals surface area contributed by atoms with Gasteiger partial charge in [0.15, 0.2) is 0 Å². The molecule has 3 aliphatic rings. The maximum atomic E-state index is 12.8. The molecule has 3 N–H and O–H groups in total. The number of rotatable bonds is 7. The van der Waals surface area contributed by atoms with E-state index < -0.39 is 29.2 Å².